The van der Waals surface area contributed by atoms with E-state index in [1.165, 1.54) is 0 Å². The Morgan fingerprint density at radius 1 is 1.23 bits per heavy atom. The summed E-state index contributed by atoms with van der Waals surface area (Å²) in [4.78, 5) is 16.9. The zero-order valence-corrected chi connectivity index (χ0v) is 19.2. The summed E-state index contributed by atoms with van der Waals surface area (Å²) in [6.07, 6.45) is 0. The van der Waals surface area contributed by atoms with Crippen LogP contribution in [0.4, 0.5) is 5.69 Å². The van der Waals surface area contributed by atoms with E-state index in [4.69, 9.17) is 26.4 Å². The highest BCUT2D eigenvalue weighted by Gasteiger charge is 2.60. The highest BCUT2D eigenvalue weighted by molar-refractivity contribution is 7.80. The first-order chi connectivity index (χ1) is 14.8. The lowest BCUT2D eigenvalue weighted by molar-refractivity contribution is -0.144. The number of ether oxygens (including phenoxy) is 3. The van der Waals surface area contributed by atoms with Crippen LogP contribution in [0, 0.1) is 5.92 Å². The molecular formula is C23H27N3O4S. The molecule has 2 aliphatic rings. The van der Waals surface area contributed by atoms with E-state index in [1.54, 1.807) is 26.1 Å². The molecule has 1 amide bonds. The van der Waals surface area contributed by atoms with Crippen molar-refractivity contribution in [2.75, 3.05) is 32.7 Å². The fourth-order valence-electron chi connectivity index (χ4n) is 4.47. The van der Waals surface area contributed by atoms with Gasteiger partial charge in [-0.15, -0.1) is 0 Å². The third kappa shape index (κ3) is 3.26. The minimum Gasteiger partial charge on any atom is -0.495 e. The molecule has 164 valence electrons. The fourth-order valence-corrected chi connectivity index (χ4v) is 4.88. The maximum atomic E-state index is 13.4. The third-order valence-corrected chi connectivity index (χ3v) is 6.12. The number of benzene rings is 2. The zero-order chi connectivity index (χ0) is 22.3. The van der Waals surface area contributed by atoms with E-state index in [1.807, 2.05) is 61.2 Å². The van der Waals surface area contributed by atoms with Crippen LogP contribution in [0.25, 0.3) is 0 Å². The Morgan fingerprint density at radius 3 is 2.61 bits per heavy atom. The molecule has 7 nitrogen and oxygen atoms in total. The predicted octanol–water partition coefficient (Wildman–Crippen LogP) is 3.34. The van der Waals surface area contributed by atoms with E-state index in [0.717, 1.165) is 11.3 Å². The summed E-state index contributed by atoms with van der Waals surface area (Å²) >= 11 is 5.78. The molecule has 0 spiro atoms. The van der Waals surface area contributed by atoms with Gasteiger partial charge in [0.2, 0.25) is 5.91 Å². The molecule has 2 aromatic rings. The number of para-hydroxylation sites is 3. The van der Waals surface area contributed by atoms with Crippen LogP contribution in [0.5, 0.6) is 17.2 Å². The zero-order valence-electron chi connectivity index (χ0n) is 18.3. The molecule has 31 heavy (non-hydrogen) atoms. The van der Waals surface area contributed by atoms with Crippen LogP contribution in [0.3, 0.4) is 0 Å². The van der Waals surface area contributed by atoms with Crippen molar-refractivity contribution in [1.29, 1.82) is 0 Å². The fraction of sp³-hybridized carbons (Fsp3) is 0.391. The molecule has 1 N–H and O–H groups in total. The number of carbonyl (C=O) groups is 1. The second-order valence-electron chi connectivity index (χ2n) is 7.91. The number of thiocarbonyl (C=S) groups is 1. The van der Waals surface area contributed by atoms with E-state index in [0.29, 0.717) is 29.0 Å². The molecule has 2 aliphatic heterocycles. The summed E-state index contributed by atoms with van der Waals surface area (Å²) in [6.45, 7) is 4.33. The van der Waals surface area contributed by atoms with Gasteiger partial charge in [-0.1, -0.05) is 24.3 Å². The van der Waals surface area contributed by atoms with Gasteiger partial charge in [-0.05, 0) is 44.3 Å². The second-order valence-corrected chi connectivity index (χ2v) is 8.30. The summed E-state index contributed by atoms with van der Waals surface area (Å²) in [5.41, 5.74) is 0.464. The van der Waals surface area contributed by atoms with Gasteiger partial charge in [0, 0.05) is 19.7 Å². The van der Waals surface area contributed by atoms with Crippen molar-refractivity contribution in [1.82, 2.24) is 10.2 Å². The first kappa shape index (κ1) is 21.2. The molecular weight excluding hydrogens is 414 g/mol. The van der Waals surface area contributed by atoms with Crippen LogP contribution < -0.4 is 24.4 Å². The van der Waals surface area contributed by atoms with Gasteiger partial charge in [-0.2, -0.15) is 0 Å². The molecule has 2 bridgehead atoms. The van der Waals surface area contributed by atoms with Crippen LogP contribution in [0.15, 0.2) is 42.5 Å². The molecule has 1 fully saturated rings. The molecule has 0 saturated carbocycles. The van der Waals surface area contributed by atoms with Gasteiger partial charge in [-0.3, -0.25) is 9.69 Å². The van der Waals surface area contributed by atoms with E-state index in [9.17, 15) is 4.79 Å². The van der Waals surface area contributed by atoms with Crippen LogP contribution in [-0.4, -0.2) is 49.5 Å². The monoisotopic (exact) mass is 441 g/mol. The normalized spacial score (nSPS) is 23.9. The lowest BCUT2D eigenvalue weighted by Crippen LogP contribution is -2.72. The SMILES string of the molecule is CCOc1cccc2c1OC1(C)C(C(=O)N(C)C)C2NC(=S)N1c1ccccc1OC. The molecule has 0 radical (unpaired) electrons. The quantitative estimate of drug-likeness (QED) is 0.714. The second kappa shape index (κ2) is 7.92. The Hall–Kier alpha value is -3.00. The van der Waals surface area contributed by atoms with Crippen LogP contribution >= 0.6 is 12.2 Å². The first-order valence-electron chi connectivity index (χ1n) is 10.2. The van der Waals surface area contributed by atoms with Gasteiger partial charge in [-0.25, -0.2) is 0 Å². The average molecular weight is 442 g/mol. The number of nitrogens with zero attached hydrogens (tertiary/aromatic N) is 2. The lowest BCUT2D eigenvalue weighted by Gasteiger charge is -2.56. The Morgan fingerprint density at radius 2 is 1.94 bits per heavy atom. The van der Waals surface area contributed by atoms with Crippen molar-refractivity contribution in [3.63, 3.8) is 0 Å². The number of fused-ring (bicyclic) bond motifs is 4. The van der Waals surface area contributed by atoms with Gasteiger partial charge < -0.3 is 24.4 Å². The number of anilines is 1. The number of amides is 1. The van der Waals surface area contributed by atoms with Gasteiger partial charge in [0.15, 0.2) is 22.3 Å². The minimum absolute atomic E-state index is 0.0603. The van der Waals surface area contributed by atoms with E-state index < -0.39 is 11.6 Å². The average Bonchev–Trinajstić information content (AvgIpc) is 2.74. The standard InChI is InChI=1S/C23H27N3O4S/c1-6-29-17-13-9-10-14-19-18(21(27)25(3)4)23(2,30-20(14)17)26(22(31)24-19)15-11-7-8-12-16(15)28-5/h7-13,18-19H,6H2,1-5H3,(H,24,31). The molecule has 0 aromatic heterocycles. The summed E-state index contributed by atoms with van der Waals surface area (Å²) in [5.74, 6) is 1.27. The molecule has 4 rings (SSSR count). The molecule has 1 saturated heterocycles. The largest absolute Gasteiger partial charge is 0.495 e. The topological polar surface area (TPSA) is 63.3 Å². The molecule has 2 aromatic carbocycles. The highest BCUT2D eigenvalue weighted by atomic mass is 32.1. The van der Waals surface area contributed by atoms with E-state index >= 15 is 0 Å². The van der Waals surface area contributed by atoms with Crippen molar-refractivity contribution in [2.24, 2.45) is 5.92 Å². The van der Waals surface area contributed by atoms with Gasteiger partial charge in [0.05, 0.1) is 25.4 Å². The highest BCUT2D eigenvalue weighted by Crippen LogP contribution is 2.53. The van der Waals surface area contributed by atoms with Crippen LogP contribution in [0.2, 0.25) is 0 Å². The molecule has 3 atom stereocenters. The Labute approximate surface area is 187 Å². The number of nitrogens with one attached hydrogen (secondary N) is 1. The van der Waals surface area contributed by atoms with Crippen molar-refractivity contribution >= 4 is 28.9 Å². The summed E-state index contributed by atoms with van der Waals surface area (Å²) in [6, 6.07) is 12.9. The van der Waals surface area contributed by atoms with Crippen molar-refractivity contribution in [3.8, 4) is 17.2 Å². The van der Waals surface area contributed by atoms with Crippen molar-refractivity contribution in [2.45, 2.75) is 25.6 Å². The lowest BCUT2D eigenvalue weighted by atomic mass is 9.78. The minimum atomic E-state index is -1.11. The Kier molecular flexibility index (Phi) is 5.43. The van der Waals surface area contributed by atoms with Gasteiger partial charge in [0.25, 0.3) is 0 Å². The van der Waals surface area contributed by atoms with E-state index in [2.05, 4.69) is 5.32 Å². The third-order valence-electron chi connectivity index (χ3n) is 5.82. The Balaban J connectivity index is 1.95. The Bertz CT molecular complexity index is 1030. The van der Waals surface area contributed by atoms with Gasteiger partial charge >= 0.3 is 0 Å². The number of hydrogen-bond acceptors (Lipinski definition) is 5. The first-order valence-corrected chi connectivity index (χ1v) is 10.6. The maximum Gasteiger partial charge on any atom is 0.233 e. The molecule has 2 heterocycles. The predicted molar refractivity (Wildman–Crippen MR) is 123 cm³/mol. The number of methoxy groups -OCH3 is 1. The number of carbonyl (C=O) groups excluding carboxylic acids is 1. The van der Waals surface area contributed by atoms with Crippen molar-refractivity contribution in [3.05, 3.63) is 48.0 Å². The summed E-state index contributed by atoms with van der Waals surface area (Å²) in [5, 5.41) is 3.87. The van der Waals surface area contributed by atoms with Crippen LogP contribution in [0.1, 0.15) is 25.5 Å². The molecule has 3 unspecified atom stereocenters. The number of hydrogen-bond donors (Lipinski definition) is 1. The van der Waals surface area contributed by atoms with Gasteiger partial charge in [0.1, 0.15) is 11.7 Å². The summed E-state index contributed by atoms with van der Waals surface area (Å²) < 4.78 is 18.1. The van der Waals surface area contributed by atoms with E-state index in [-0.39, 0.29) is 11.9 Å². The maximum absolute atomic E-state index is 13.4. The smallest absolute Gasteiger partial charge is 0.233 e. The molecule has 0 aliphatic carbocycles. The van der Waals surface area contributed by atoms with Crippen molar-refractivity contribution < 1.29 is 19.0 Å². The number of rotatable bonds is 5. The summed E-state index contributed by atoms with van der Waals surface area (Å²) in [7, 11) is 5.11. The van der Waals surface area contributed by atoms with Crippen LogP contribution in [-0.2, 0) is 4.79 Å². The molecule has 8 heteroatoms.